The number of sulfonamides is 2. The molecule has 0 saturated heterocycles. The molecule has 0 radical (unpaired) electrons. The number of benzene rings is 1. The highest BCUT2D eigenvalue weighted by molar-refractivity contribution is 7.90. The van der Waals surface area contributed by atoms with Gasteiger partial charge in [-0.2, -0.15) is 12.8 Å². The first-order valence-corrected chi connectivity index (χ1v) is 14.6. The molecule has 1 aliphatic carbocycles. The molecule has 10 nitrogen and oxygen atoms in total. The molecule has 0 aliphatic heterocycles. The van der Waals surface area contributed by atoms with Crippen molar-refractivity contribution in [3.8, 4) is 0 Å². The summed E-state index contributed by atoms with van der Waals surface area (Å²) in [4.78, 5) is 14.1. The molecule has 35 heavy (non-hydrogen) atoms. The maximum absolute atomic E-state index is 12.6. The van der Waals surface area contributed by atoms with Gasteiger partial charge in [0.05, 0.1) is 16.0 Å². The maximum atomic E-state index is 12.6. The van der Waals surface area contributed by atoms with E-state index >= 15 is 0 Å². The van der Waals surface area contributed by atoms with Gasteiger partial charge in [-0.05, 0) is 61.8 Å². The molecule has 1 aromatic carbocycles. The fourth-order valence-corrected chi connectivity index (χ4v) is 6.75. The maximum Gasteiger partial charge on any atom is 0.281 e. The van der Waals surface area contributed by atoms with E-state index in [-0.39, 0.29) is 23.1 Å². The molecule has 0 amide bonds. The summed E-state index contributed by atoms with van der Waals surface area (Å²) in [5.74, 6) is 1.12. The number of nitrogens with one attached hydrogen (secondary N) is 2. The summed E-state index contributed by atoms with van der Waals surface area (Å²) in [6, 6.07) is 8.49. The van der Waals surface area contributed by atoms with Crippen LogP contribution in [0.15, 0.2) is 52.1 Å². The normalized spacial score (nSPS) is 19.0. The van der Waals surface area contributed by atoms with E-state index in [1.807, 2.05) is 19.3 Å². The molecule has 0 bridgehead atoms. The molecule has 4 rings (SSSR count). The first-order chi connectivity index (χ1) is 16.7. The summed E-state index contributed by atoms with van der Waals surface area (Å²) in [6.45, 7) is 3.32. The van der Waals surface area contributed by atoms with Gasteiger partial charge < -0.3 is 9.88 Å². The summed E-state index contributed by atoms with van der Waals surface area (Å²) in [7, 11) is -5.09. The Morgan fingerprint density at radius 1 is 1.09 bits per heavy atom. The van der Waals surface area contributed by atoms with Crippen molar-refractivity contribution in [2.24, 2.45) is 10.3 Å². The second kappa shape index (κ2) is 10.4. The van der Waals surface area contributed by atoms with E-state index in [0.717, 1.165) is 48.1 Å². The average molecular weight is 519 g/mol. The Labute approximate surface area is 206 Å². The van der Waals surface area contributed by atoms with E-state index in [4.69, 9.17) is 0 Å². The third-order valence-electron chi connectivity index (χ3n) is 6.61. The van der Waals surface area contributed by atoms with E-state index in [1.54, 1.807) is 18.5 Å². The molecule has 1 fully saturated rings. The number of aromatic amines is 1. The van der Waals surface area contributed by atoms with Crippen molar-refractivity contribution >= 4 is 43.6 Å². The molecule has 2 heterocycles. The number of hydrogen-bond acceptors (Lipinski definition) is 7. The standard InChI is InChI=1S/C23H30N6O4S2/c1-24-35(32,33)20-9-5-17(6-10-20)11-14-28-34(30,31)15-18-3-7-19(8-4-18)29(2)23-21-12-13-25-22(21)26-16-27-23/h5-6,9-10,12-13,16,18-19,28H,1,3-4,7-8,11,14-15H2,2H3,(H,25,26,27). The summed E-state index contributed by atoms with van der Waals surface area (Å²) in [6.07, 6.45) is 7.36. The van der Waals surface area contributed by atoms with Crippen molar-refractivity contribution in [1.29, 1.82) is 0 Å². The fraction of sp³-hybridized carbons (Fsp3) is 0.435. The van der Waals surface area contributed by atoms with Crippen LogP contribution in [0.4, 0.5) is 5.82 Å². The molecular formula is C23H30N6O4S2. The number of hydrogen-bond donors (Lipinski definition) is 2. The zero-order valence-corrected chi connectivity index (χ0v) is 21.2. The van der Waals surface area contributed by atoms with Crippen LogP contribution in [0.3, 0.4) is 0 Å². The minimum absolute atomic E-state index is 0.0651. The van der Waals surface area contributed by atoms with E-state index in [0.29, 0.717) is 12.5 Å². The Morgan fingerprint density at radius 2 is 1.80 bits per heavy atom. The van der Waals surface area contributed by atoms with E-state index < -0.39 is 20.0 Å². The van der Waals surface area contributed by atoms with Crippen molar-refractivity contribution in [3.05, 3.63) is 48.4 Å². The lowest BCUT2D eigenvalue weighted by Crippen LogP contribution is -2.38. The second-order valence-corrected chi connectivity index (χ2v) is 12.4. The highest BCUT2D eigenvalue weighted by Gasteiger charge is 2.28. The van der Waals surface area contributed by atoms with Gasteiger partial charge in [0.2, 0.25) is 10.0 Å². The Hall–Kier alpha value is -2.83. The fourth-order valence-electron chi connectivity index (χ4n) is 4.63. The topological polar surface area (TPSA) is 137 Å². The summed E-state index contributed by atoms with van der Waals surface area (Å²) < 4.78 is 54.4. The van der Waals surface area contributed by atoms with Crippen LogP contribution in [0.2, 0.25) is 0 Å². The predicted molar refractivity (Wildman–Crippen MR) is 137 cm³/mol. The highest BCUT2D eigenvalue weighted by Crippen LogP contribution is 2.32. The van der Waals surface area contributed by atoms with Gasteiger partial charge in [0.1, 0.15) is 17.8 Å². The Bertz CT molecular complexity index is 1380. The van der Waals surface area contributed by atoms with Crippen LogP contribution in [0.1, 0.15) is 31.2 Å². The minimum atomic E-state index is -3.72. The Morgan fingerprint density at radius 3 is 2.49 bits per heavy atom. The minimum Gasteiger partial charge on any atom is -0.356 e. The molecule has 0 spiro atoms. The van der Waals surface area contributed by atoms with Gasteiger partial charge in [0.25, 0.3) is 10.0 Å². The number of rotatable bonds is 10. The van der Waals surface area contributed by atoms with Gasteiger partial charge in [-0.25, -0.2) is 23.1 Å². The number of H-pyrrole nitrogens is 1. The van der Waals surface area contributed by atoms with Gasteiger partial charge >= 0.3 is 0 Å². The molecule has 1 saturated carbocycles. The van der Waals surface area contributed by atoms with Crippen LogP contribution in [0, 0.1) is 5.92 Å². The zero-order chi connectivity index (χ0) is 25.1. The van der Waals surface area contributed by atoms with E-state index in [9.17, 15) is 16.8 Å². The van der Waals surface area contributed by atoms with Crippen molar-refractivity contribution in [1.82, 2.24) is 19.7 Å². The Balaban J connectivity index is 1.25. The van der Waals surface area contributed by atoms with Crippen LogP contribution >= 0.6 is 0 Å². The zero-order valence-electron chi connectivity index (χ0n) is 19.6. The third-order valence-corrected chi connectivity index (χ3v) is 9.37. The largest absolute Gasteiger partial charge is 0.356 e. The predicted octanol–water partition coefficient (Wildman–Crippen LogP) is 2.50. The van der Waals surface area contributed by atoms with Crippen molar-refractivity contribution < 1.29 is 16.8 Å². The number of fused-ring (bicyclic) bond motifs is 1. The lowest BCUT2D eigenvalue weighted by atomic mass is 9.86. The molecule has 0 unspecified atom stereocenters. The van der Waals surface area contributed by atoms with Gasteiger partial charge in [-0.3, -0.25) is 0 Å². The monoisotopic (exact) mass is 518 g/mol. The summed E-state index contributed by atoms with van der Waals surface area (Å²) >= 11 is 0. The lowest BCUT2D eigenvalue weighted by molar-refractivity contribution is 0.340. The first-order valence-electron chi connectivity index (χ1n) is 11.5. The second-order valence-electron chi connectivity index (χ2n) is 8.90. The molecule has 3 aromatic rings. The highest BCUT2D eigenvalue weighted by atomic mass is 32.2. The van der Waals surface area contributed by atoms with Crippen LogP contribution in [0.25, 0.3) is 11.0 Å². The average Bonchev–Trinajstić information content (AvgIpc) is 3.33. The number of nitrogens with zero attached hydrogens (tertiary/aromatic N) is 4. The molecule has 12 heteroatoms. The van der Waals surface area contributed by atoms with Gasteiger partial charge in [0.15, 0.2) is 0 Å². The van der Waals surface area contributed by atoms with Crippen LogP contribution < -0.4 is 9.62 Å². The van der Waals surface area contributed by atoms with Crippen LogP contribution in [0.5, 0.6) is 0 Å². The molecular weight excluding hydrogens is 488 g/mol. The first kappa shape index (κ1) is 25.3. The van der Waals surface area contributed by atoms with Crippen LogP contribution in [-0.4, -0.2) is 63.9 Å². The smallest absolute Gasteiger partial charge is 0.281 e. The molecule has 188 valence electrons. The number of aromatic nitrogens is 3. The summed E-state index contributed by atoms with van der Waals surface area (Å²) in [5.41, 5.74) is 1.64. The van der Waals surface area contributed by atoms with Crippen molar-refractivity contribution in [2.45, 2.75) is 43.0 Å². The molecule has 2 N–H and O–H groups in total. The molecule has 2 aromatic heterocycles. The van der Waals surface area contributed by atoms with Crippen molar-refractivity contribution in [2.75, 3.05) is 24.2 Å². The van der Waals surface area contributed by atoms with Crippen molar-refractivity contribution in [3.63, 3.8) is 0 Å². The quantitative estimate of drug-likeness (QED) is 0.393. The lowest BCUT2D eigenvalue weighted by Gasteiger charge is -2.35. The molecule has 0 atom stereocenters. The van der Waals surface area contributed by atoms with Gasteiger partial charge in [-0.15, -0.1) is 0 Å². The SMILES string of the molecule is C=NS(=O)(=O)c1ccc(CCNS(=O)(=O)CC2CCC(N(C)c3ncnc4[nH]ccc34)CC2)cc1. The van der Waals surface area contributed by atoms with Crippen LogP contribution in [-0.2, 0) is 26.5 Å². The third kappa shape index (κ3) is 6.06. The Kier molecular flexibility index (Phi) is 7.53. The van der Waals surface area contributed by atoms with E-state index in [1.165, 1.54) is 12.1 Å². The number of anilines is 1. The molecule has 1 aliphatic rings. The van der Waals surface area contributed by atoms with E-state index in [2.05, 4.69) is 35.7 Å². The van der Waals surface area contributed by atoms with Gasteiger partial charge in [0, 0.05) is 32.5 Å². The van der Waals surface area contributed by atoms with Gasteiger partial charge in [-0.1, -0.05) is 12.1 Å². The summed E-state index contributed by atoms with van der Waals surface area (Å²) in [5, 5.41) is 0.984.